The van der Waals surface area contributed by atoms with Crippen LogP contribution in [0.15, 0.2) is 0 Å². The number of ether oxygens (including phenoxy) is 5. The maximum absolute atomic E-state index is 6.14. The minimum Gasteiger partial charge on any atom is -0.379 e. The number of hydrogen-bond acceptors (Lipinski definition) is 5. The van der Waals surface area contributed by atoms with Gasteiger partial charge in [0.05, 0.1) is 12.7 Å². The third-order valence-electron chi connectivity index (χ3n) is 4.31. The van der Waals surface area contributed by atoms with E-state index in [9.17, 15) is 0 Å². The third-order valence-corrected chi connectivity index (χ3v) is 4.31. The largest absolute Gasteiger partial charge is 0.379 e. The molecule has 0 radical (unpaired) electrons. The van der Waals surface area contributed by atoms with E-state index in [0.29, 0.717) is 13.0 Å². The summed E-state index contributed by atoms with van der Waals surface area (Å²) in [7, 11) is 1.68. The van der Waals surface area contributed by atoms with Crippen molar-refractivity contribution in [2.24, 2.45) is 0 Å². The molecule has 1 saturated heterocycles. The van der Waals surface area contributed by atoms with E-state index in [1.54, 1.807) is 7.11 Å². The SMILES string of the molecule is CCCCOCC1OC(OC)CC(OCCCC)C1OCCCC. The molecule has 1 rings (SSSR count). The van der Waals surface area contributed by atoms with Crippen molar-refractivity contribution in [3.8, 4) is 0 Å². The summed E-state index contributed by atoms with van der Waals surface area (Å²) in [5, 5.41) is 0. The van der Waals surface area contributed by atoms with Crippen LogP contribution in [0.2, 0.25) is 0 Å². The van der Waals surface area contributed by atoms with Crippen molar-refractivity contribution < 1.29 is 23.7 Å². The van der Waals surface area contributed by atoms with Crippen LogP contribution in [0.5, 0.6) is 0 Å². The van der Waals surface area contributed by atoms with Gasteiger partial charge >= 0.3 is 0 Å². The van der Waals surface area contributed by atoms with Gasteiger partial charge in [-0.15, -0.1) is 0 Å². The molecule has 0 aromatic rings. The Hall–Kier alpha value is -0.200. The fourth-order valence-electron chi connectivity index (χ4n) is 2.74. The van der Waals surface area contributed by atoms with Crippen LogP contribution in [0.1, 0.15) is 65.7 Å². The molecule has 1 fully saturated rings. The molecular formula is C19H38O5. The van der Waals surface area contributed by atoms with E-state index in [0.717, 1.165) is 58.3 Å². The lowest BCUT2D eigenvalue weighted by Gasteiger charge is -2.41. The molecule has 0 aromatic heterocycles. The Kier molecular flexibility index (Phi) is 12.8. The van der Waals surface area contributed by atoms with Gasteiger partial charge in [-0.1, -0.05) is 40.0 Å². The van der Waals surface area contributed by atoms with Crippen LogP contribution in [0, 0.1) is 0 Å². The summed E-state index contributed by atoms with van der Waals surface area (Å²) in [6, 6.07) is 0. The minimum absolute atomic E-state index is 0.00637. The first-order valence-corrected chi connectivity index (χ1v) is 9.75. The molecule has 1 aliphatic heterocycles. The number of rotatable bonds is 14. The predicted molar refractivity (Wildman–Crippen MR) is 95.3 cm³/mol. The molecule has 0 aliphatic carbocycles. The van der Waals surface area contributed by atoms with Gasteiger partial charge in [0, 0.05) is 33.4 Å². The van der Waals surface area contributed by atoms with E-state index < -0.39 is 0 Å². The predicted octanol–water partition coefficient (Wildman–Crippen LogP) is 3.94. The van der Waals surface area contributed by atoms with Gasteiger partial charge in [-0.25, -0.2) is 0 Å². The van der Waals surface area contributed by atoms with Crippen molar-refractivity contribution in [2.45, 2.75) is 90.3 Å². The van der Waals surface area contributed by atoms with E-state index in [1.807, 2.05) is 0 Å². The van der Waals surface area contributed by atoms with Gasteiger partial charge < -0.3 is 23.7 Å². The van der Waals surface area contributed by atoms with Crippen molar-refractivity contribution in [2.75, 3.05) is 33.5 Å². The Bertz CT molecular complexity index is 287. The van der Waals surface area contributed by atoms with Crippen LogP contribution >= 0.6 is 0 Å². The molecule has 24 heavy (non-hydrogen) atoms. The molecule has 4 unspecified atom stereocenters. The highest BCUT2D eigenvalue weighted by Gasteiger charge is 2.40. The molecule has 5 heteroatoms. The van der Waals surface area contributed by atoms with Gasteiger partial charge in [0.1, 0.15) is 12.2 Å². The molecule has 1 aliphatic rings. The summed E-state index contributed by atoms with van der Waals surface area (Å²) in [5.41, 5.74) is 0. The topological polar surface area (TPSA) is 46.2 Å². The second kappa shape index (κ2) is 14.0. The Balaban J connectivity index is 2.63. The normalized spacial score (nSPS) is 27.5. The lowest BCUT2D eigenvalue weighted by molar-refractivity contribution is -0.268. The molecule has 4 atom stereocenters. The Labute approximate surface area is 148 Å². The zero-order chi connectivity index (χ0) is 17.6. The van der Waals surface area contributed by atoms with Crippen molar-refractivity contribution in [3.63, 3.8) is 0 Å². The number of methoxy groups -OCH3 is 1. The summed E-state index contributed by atoms with van der Waals surface area (Å²) >= 11 is 0. The molecule has 0 bridgehead atoms. The maximum atomic E-state index is 6.14. The highest BCUT2D eigenvalue weighted by atomic mass is 16.7. The molecule has 1 heterocycles. The van der Waals surface area contributed by atoms with Crippen molar-refractivity contribution in [3.05, 3.63) is 0 Å². The summed E-state index contributed by atoms with van der Waals surface area (Å²) in [6.07, 6.45) is 6.81. The van der Waals surface area contributed by atoms with Crippen LogP contribution in [-0.4, -0.2) is 58.1 Å². The van der Waals surface area contributed by atoms with Crippen LogP contribution in [0.3, 0.4) is 0 Å². The minimum atomic E-state index is -0.248. The Morgan fingerprint density at radius 2 is 1.50 bits per heavy atom. The highest BCUT2D eigenvalue weighted by molar-refractivity contribution is 4.86. The summed E-state index contributed by atoms with van der Waals surface area (Å²) in [5.74, 6) is 0. The van der Waals surface area contributed by atoms with Gasteiger partial charge in [0.15, 0.2) is 6.29 Å². The smallest absolute Gasteiger partial charge is 0.160 e. The lowest BCUT2D eigenvalue weighted by Crippen LogP contribution is -2.53. The van der Waals surface area contributed by atoms with E-state index in [1.165, 1.54) is 0 Å². The van der Waals surface area contributed by atoms with Crippen molar-refractivity contribution in [1.29, 1.82) is 0 Å². The summed E-state index contributed by atoms with van der Waals surface area (Å²) in [6.45, 7) is 9.29. The zero-order valence-corrected chi connectivity index (χ0v) is 16.1. The monoisotopic (exact) mass is 346 g/mol. The molecule has 0 amide bonds. The van der Waals surface area contributed by atoms with E-state index in [-0.39, 0.29) is 24.6 Å². The first-order valence-electron chi connectivity index (χ1n) is 9.75. The Morgan fingerprint density at radius 1 is 0.875 bits per heavy atom. The van der Waals surface area contributed by atoms with Crippen LogP contribution in [0.25, 0.3) is 0 Å². The summed E-state index contributed by atoms with van der Waals surface area (Å²) < 4.78 is 29.5. The van der Waals surface area contributed by atoms with Crippen LogP contribution in [-0.2, 0) is 23.7 Å². The van der Waals surface area contributed by atoms with Crippen molar-refractivity contribution in [1.82, 2.24) is 0 Å². The Morgan fingerprint density at radius 3 is 2.12 bits per heavy atom. The first kappa shape index (κ1) is 21.8. The van der Waals surface area contributed by atoms with E-state index >= 15 is 0 Å². The highest BCUT2D eigenvalue weighted by Crippen LogP contribution is 2.26. The van der Waals surface area contributed by atoms with Crippen molar-refractivity contribution >= 4 is 0 Å². The van der Waals surface area contributed by atoms with E-state index in [4.69, 9.17) is 23.7 Å². The average molecular weight is 347 g/mol. The second-order valence-electron chi connectivity index (χ2n) is 6.46. The molecule has 0 saturated carbocycles. The van der Waals surface area contributed by atoms with Crippen LogP contribution < -0.4 is 0 Å². The second-order valence-corrected chi connectivity index (χ2v) is 6.46. The molecule has 0 N–H and O–H groups in total. The fourth-order valence-corrected chi connectivity index (χ4v) is 2.74. The summed E-state index contributed by atoms with van der Waals surface area (Å²) in [4.78, 5) is 0. The standard InChI is InChI=1S/C19H38O5/c1-5-8-11-21-15-17-19(23-13-10-7-3)16(22-12-9-6-2)14-18(20-4)24-17/h16-19H,5-15H2,1-4H3. The maximum Gasteiger partial charge on any atom is 0.160 e. The average Bonchev–Trinajstić information content (AvgIpc) is 2.60. The molecule has 5 nitrogen and oxygen atoms in total. The lowest BCUT2D eigenvalue weighted by atomic mass is 10.0. The zero-order valence-electron chi connectivity index (χ0n) is 16.1. The number of unbranched alkanes of at least 4 members (excludes halogenated alkanes) is 3. The van der Waals surface area contributed by atoms with Gasteiger partial charge in [0.2, 0.25) is 0 Å². The molecule has 0 aromatic carbocycles. The number of hydrogen-bond donors (Lipinski definition) is 0. The first-order chi connectivity index (χ1) is 11.8. The van der Waals surface area contributed by atoms with E-state index in [2.05, 4.69) is 20.8 Å². The van der Waals surface area contributed by atoms with Crippen LogP contribution in [0.4, 0.5) is 0 Å². The molecule has 144 valence electrons. The molecule has 0 spiro atoms. The van der Waals surface area contributed by atoms with Gasteiger partial charge in [-0.05, 0) is 19.3 Å². The van der Waals surface area contributed by atoms with Gasteiger partial charge in [-0.3, -0.25) is 0 Å². The fraction of sp³-hybridized carbons (Fsp3) is 1.00. The molecular weight excluding hydrogens is 308 g/mol. The quantitative estimate of drug-likeness (QED) is 0.446. The van der Waals surface area contributed by atoms with Gasteiger partial charge in [0.25, 0.3) is 0 Å². The van der Waals surface area contributed by atoms with Gasteiger partial charge in [-0.2, -0.15) is 0 Å². The third kappa shape index (κ3) is 8.26.